The predicted octanol–water partition coefficient (Wildman–Crippen LogP) is 2.36. The summed E-state index contributed by atoms with van der Waals surface area (Å²) < 4.78 is 0. The van der Waals surface area contributed by atoms with E-state index in [1.807, 2.05) is 6.20 Å². The van der Waals surface area contributed by atoms with E-state index in [1.54, 1.807) is 0 Å². The zero-order chi connectivity index (χ0) is 19.0. The Labute approximate surface area is 158 Å². The molecule has 142 valence electrons. The van der Waals surface area contributed by atoms with Crippen molar-refractivity contribution in [3.8, 4) is 0 Å². The number of carboxylic acids is 1. The SMILES string of the molecule is Cc1cc(C)cc(Nc2ncc3c(n2)CN([C@H]2CCN[C@@H](C(=O)O)C2)C3)c1. The van der Waals surface area contributed by atoms with Crippen LogP contribution < -0.4 is 10.6 Å². The van der Waals surface area contributed by atoms with Gasteiger partial charge in [0.25, 0.3) is 0 Å². The molecule has 27 heavy (non-hydrogen) atoms. The lowest BCUT2D eigenvalue weighted by Gasteiger charge is -2.34. The summed E-state index contributed by atoms with van der Waals surface area (Å²) in [5.74, 6) is -0.162. The number of aromatic nitrogens is 2. The second-order valence-corrected chi connectivity index (χ2v) is 7.60. The van der Waals surface area contributed by atoms with E-state index >= 15 is 0 Å². The molecule has 1 fully saturated rings. The monoisotopic (exact) mass is 367 g/mol. The van der Waals surface area contributed by atoms with Crippen molar-refractivity contribution in [2.45, 2.75) is 51.9 Å². The zero-order valence-corrected chi connectivity index (χ0v) is 15.7. The number of hydrogen-bond acceptors (Lipinski definition) is 6. The van der Waals surface area contributed by atoms with Gasteiger partial charge in [-0.1, -0.05) is 6.07 Å². The van der Waals surface area contributed by atoms with E-state index in [1.165, 1.54) is 11.1 Å². The molecule has 1 saturated heterocycles. The van der Waals surface area contributed by atoms with Gasteiger partial charge in [0.2, 0.25) is 5.95 Å². The van der Waals surface area contributed by atoms with Crippen molar-refractivity contribution < 1.29 is 9.90 Å². The average Bonchev–Trinajstić information content (AvgIpc) is 3.04. The Hall–Kier alpha value is -2.51. The highest BCUT2D eigenvalue weighted by Crippen LogP contribution is 2.28. The fourth-order valence-electron chi connectivity index (χ4n) is 4.09. The van der Waals surface area contributed by atoms with Crippen molar-refractivity contribution in [2.75, 3.05) is 11.9 Å². The van der Waals surface area contributed by atoms with E-state index in [0.717, 1.165) is 43.0 Å². The van der Waals surface area contributed by atoms with Gasteiger partial charge >= 0.3 is 5.97 Å². The van der Waals surface area contributed by atoms with Crippen molar-refractivity contribution in [1.29, 1.82) is 0 Å². The molecule has 0 bridgehead atoms. The van der Waals surface area contributed by atoms with Crippen LogP contribution in [0.3, 0.4) is 0 Å². The number of fused-ring (bicyclic) bond motifs is 1. The molecule has 1 aromatic heterocycles. The Bertz CT molecular complexity index is 849. The molecule has 0 saturated carbocycles. The molecular formula is C20H25N5O2. The van der Waals surface area contributed by atoms with E-state index < -0.39 is 12.0 Å². The summed E-state index contributed by atoms with van der Waals surface area (Å²) in [6.07, 6.45) is 3.48. The third-order valence-electron chi connectivity index (χ3n) is 5.35. The number of carbonyl (C=O) groups is 1. The summed E-state index contributed by atoms with van der Waals surface area (Å²) in [7, 11) is 0. The Kier molecular flexibility index (Phi) is 4.80. The quantitative estimate of drug-likeness (QED) is 0.764. The van der Waals surface area contributed by atoms with Gasteiger partial charge in [-0.2, -0.15) is 0 Å². The van der Waals surface area contributed by atoms with Crippen LogP contribution in [0.5, 0.6) is 0 Å². The summed E-state index contributed by atoms with van der Waals surface area (Å²) in [6, 6.07) is 6.10. The minimum absolute atomic E-state index is 0.261. The second-order valence-electron chi connectivity index (χ2n) is 7.60. The number of nitrogens with one attached hydrogen (secondary N) is 2. The van der Waals surface area contributed by atoms with Crippen LogP contribution in [0.25, 0.3) is 0 Å². The maximum absolute atomic E-state index is 11.3. The number of aryl methyl sites for hydroxylation is 2. The fraction of sp³-hybridized carbons (Fsp3) is 0.450. The molecule has 2 aliphatic rings. The minimum atomic E-state index is -0.767. The Morgan fingerprint density at radius 1 is 1.26 bits per heavy atom. The summed E-state index contributed by atoms with van der Waals surface area (Å²) in [6.45, 7) is 6.41. The van der Waals surface area contributed by atoms with Crippen LogP contribution in [0.4, 0.5) is 11.6 Å². The first-order chi connectivity index (χ1) is 13.0. The Morgan fingerprint density at radius 3 is 2.78 bits per heavy atom. The molecule has 2 aliphatic heterocycles. The first-order valence-corrected chi connectivity index (χ1v) is 9.38. The van der Waals surface area contributed by atoms with E-state index in [4.69, 9.17) is 4.98 Å². The topological polar surface area (TPSA) is 90.4 Å². The standard InChI is InChI=1S/C20H25N5O2/c1-12-5-13(2)7-15(6-12)23-20-22-9-14-10-25(11-18(14)24-20)16-3-4-21-17(8-16)19(26)27/h5-7,9,16-17,21H,3-4,8,10-11H2,1-2H3,(H,26,27)(H,22,23,24)/t16-,17+/m0/s1. The van der Waals surface area contributed by atoms with E-state index in [9.17, 15) is 9.90 Å². The molecule has 7 nitrogen and oxygen atoms in total. The molecule has 0 radical (unpaired) electrons. The smallest absolute Gasteiger partial charge is 0.320 e. The number of hydrogen-bond donors (Lipinski definition) is 3. The van der Waals surface area contributed by atoms with E-state index in [2.05, 4.69) is 52.6 Å². The van der Waals surface area contributed by atoms with Crippen LogP contribution in [-0.2, 0) is 17.9 Å². The van der Waals surface area contributed by atoms with Gasteiger partial charge in [-0.05, 0) is 56.5 Å². The second kappa shape index (κ2) is 7.25. The zero-order valence-electron chi connectivity index (χ0n) is 15.7. The lowest BCUT2D eigenvalue weighted by Crippen LogP contribution is -2.49. The van der Waals surface area contributed by atoms with Crippen molar-refractivity contribution in [2.24, 2.45) is 0 Å². The Morgan fingerprint density at radius 2 is 2.04 bits per heavy atom. The van der Waals surface area contributed by atoms with Gasteiger partial charge in [0.15, 0.2) is 0 Å². The minimum Gasteiger partial charge on any atom is -0.480 e. The maximum atomic E-state index is 11.3. The van der Waals surface area contributed by atoms with Crippen LogP contribution in [0, 0.1) is 13.8 Å². The van der Waals surface area contributed by atoms with E-state index in [0.29, 0.717) is 12.4 Å². The van der Waals surface area contributed by atoms with Crippen LogP contribution in [0.2, 0.25) is 0 Å². The fourth-order valence-corrected chi connectivity index (χ4v) is 4.09. The lowest BCUT2D eigenvalue weighted by molar-refractivity contribution is -0.140. The van der Waals surface area contributed by atoms with Crippen molar-refractivity contribution in [3.63, 3.8) is 0 Å². The average molecular weight is 367 g/mol. The first kappa shape index (κ1) is 17.9. The molecule has 3 heterocycles. The number of rotatable bonds is 4. The summed E-state index contributed by atoms with van der Waals surface area (Å²) >= 11 is 0. The molecule has 0 spiro atoms. The summed E-state index contributed by atoms with van der Waals surface area (Å²) in [5, 5.41) is 15.7. The number of carboxylic acid groups (broad SMARTS) is 1. The molecule has 0 amide bonds. The third-order valence-corrected chi connectivity index (χ3v) is 5.35. The first-order valence-electron chi connectivity index (χ1n) is 9.38. The van der Waals surface area contributed by atoms with Gasteiger partial charge in [-0.25, -0.2) is 9.97 Å². The van der Waals surface area contributed by atoms with Crippen molar-refractivity contribution >= 4 is 17.6 Å². The third kappa shape index (κ3) is 3.94. The highest BCUT2D eigenvalue weighted by Gasteiger charge is 2.33. The molecule has 1 aromatic carbocycles. The molecule has 2 atom stereocenters. The molecule has 0 aliphatic carbocycles. The molecule has 0 unspecified atom stereocenters. The van der Waals surface area contributed by atoms with Crippen LogP contribution in [-0.4, -0.2) is 44.6 Å². The van der Waals surface area contributed by atoms with Crippen molar-refractivity contribution in [1.82, 2.24) is 20.2 Å². The number of benzene rings is 1. The van der Waals surface area contributed by atoms with Gasteiger partial charge in [-0.3, -0.25) is 9.69 Å². The van der Waals surface area contributed by atoms with Gasteiger partial charge in [-0.15, -0.1) is 0 Å². The highest BCUT2D eigenvalue weighted by atomic mass is 16.4. The number of anilines is 2. The van der Waals surface area contributed by atoms with Crippen LogP contribution >= 0.6 is 0 Å². The molecule has 3 N–H and O–H groups in total. The lowest BCUT2D eigenvalue weighted by atomic mass is 9.98. The van der Waals surface area contributed by atoms with E-state index in [-0.39, 0.29) is 6.04 Å². The Balaban J connectivity index is 1.46. The summed E-state index contributed by atoms with van der Waals surface area (Å²) in [5.41, 5.74) is 5.55. The maximum Gasteiger partial charge on any atom is 0.320 e. The predicted molar refractivity (Wildman–Crippen MR) is 103 cm³/mol. The van der Waals surface area contributed by atoms with Crippen LogP contribution in [0.15, 0.2) is 24.4 Å². The largest absolute Gasteiger partial charge is 0.480 e. The molecule has 2 aromatic rings. The number of nitrogens with zero attached hydrogens (tertiary/aromatic N) is 3. The van der Waals surface area contributed by atoms with Crippen LogP contribution in [0.1, 0.15) is 35.2 Å². The number of aliphatic carboxylic acids is 1. The summed E-state index contributed by atoms with van der Waals surface area (Å²) in [4.78, 5) is 22.8. The molecular weight excluding hydrogens is 342 g/mol. The van der Waals surface area contributed by atoms with Gasteiger partial charge < -0.3 is 15.7 Å². The van der Waals surface area contributed by atoms with Gasteiger partial charge in [0.1, 0.15) is 6.04 Å². The number of piperidine rings is 1. The van der Waals surface area contributed by atoms with Crippen molar-refractivity contribution in [3.05, 3.63) is 46.8 Å². The van der Waals surface area contributed by atoms with Gasteiger partial charge in [0, 0.05) is 36.6 Å². The van der Waals surface area contributed by atoms with Gasteiger partial charge in [0.05, 0.1) is 5.69 Å². The molecule has 7 heteroatoms. The normalized spacial score (nSPS) is 22.4. The molecule has 4 rings (SSSR count). The highest BCUT2D eigenvalue weighted by molar-refractivity contribution is 5.73.